The van der Waals surface area contributed by atoms with E-state index in [1.54, 1.807) is 5.30 Å². The Balaban J connectivity index is 3.03. The van der Waals surface area contributed by atoms with Gasteiger partial charge in [0.2, 0.25) is 0 Å². The maximum absolute atomic E-state index is 2.49. The SMILES string of the molecule is CC([Si](C)(C)C)[P+](C)(C)c1ccccc1. The van der Waals surface area contributed by atoms with Crippen LogP contribution in [0.3, 0.4) is 0 Å². The van der Waals surface area contributed by atoms with Crippen LogP contribution in [-0.2, 0) is 0 Å². The maximum Gasteiger partial charge on any atom is 0.0932 e. The highest BCUT2D eigenvalue weighted by Crippen LogP contribution is 2.57. The first-order chi connectivity index (χ1) is 6.76. The summed E-state index contributed by atoms with van der Waals surface area (Å²) in [5, 5.41) is 2.48. The molecule has 0 aliphatic carbocycles. The molecule has 0 heterocycles. The summed E-state index contributed by atoms with van der Waals surface area (Å²) in [6.45, 7) is 14.9. The molecular formula is C13H24PSi+. The molecule has 0 amide bonds. The fraction of sp³-hybridized carbons (Fsp3) is 0.538. The molecule has 2 heteroatoms. The van der Waals surface area contributed by atoms with E-state index >= 15 is 0 Å². The second-order valence-electron chi connectivity index (χ2n) is 5.92. The summed E-state index contributed by atoms with van der Waals surface area (Å²) in [6.07, 6.45) is 0. The quantitative estimate of drug-likeness (QED) is 0.555. The zero-order chi connectivity index (χ0) is 11.7. The first-order valence-electron chi connectivity index (χ1n) is 5.65. The summed E-state index contributed by atoms with van der Waals surface area (Å²) < 4.78 is 0. The minimum atomic E-state index is -1.03. The van der Waals surface area contributed by atoms with Crippen molar-refractivity contribution in [1.82, 2.24) is 0 Å². The van der Waals surface area contributed by atoms with Crippen LogP contribution >= 0.6 is 7.26 Å². The van der Waals surface area contributed by atoms with E-state index in [4.69, 9.17) is 0 Å². The molecule has 84 valence electrons. The first kappa shape index (κ1) is 12.9. The van der Waals surface area contributed by atoms with Gasteiger partial charge >= 0.3 is 0 Å². The zero-order valence-electron chi connectivity index (χ0n) is 10.9. The third-order valence-electron chi connectivity index (χ3n) is 3.64. The van der Waals surface area contributed by atoms with E-state index in [0.717, 1.165) is 5.28 Å². The van der Waals surface area contributed by atoms with E-state index in [1.165, 1.54) is 0 Å². The lowest BCUT2D eigenvalue weighted by Gasteiger charge is -2.33. The lowest BCUT2D eigenvalue weighted by molar-refractivity contribution is 1.26. The predicted octanol–water partition coefficient (Wildman–Crippen LogP) is 3.86. The van der Waals surface area contributed by atoms with Crippen LogP contribution in [0.15, 0.2) is 30.3 Å². The molecule has 0 N–H and O–H groups in total. The summed E-state index contributed by atoms with van der Waals surface area (Å²) in [6, 6.07) is 11.1. The largest absolute Gasteiger partial charge is 0.0932 e. The van der Waals surface area contributed by atoms with Gasteiger partial charge in [0.05, 0.1) is 32.0 Å². The Hall–Kier alpha value is -0.133. The Morgan fingerprint density at radius 1 is 1.00 bits per heavy atom. The van der Waals surface area contributed by atoms with Crippen LogP contribution < -0.4 is 5.30 Å². The van der Waals surface area contributed by atoms with Gasteiger partial charge in [0, 0.05) is 7.26 Å². The first-order valence-corrected chi connectivity index (χ1v) is 12.0. The van der Waals surface area contributed by atoms with Crippen molar-refractivity contribution in [3.8, 4) is 0 Å². The van der Waals surface area contributed by atoms with Gasteiger partial charge in [0.15, 0.2) is 0 Å². The molecule has 1 aromatic carbocycles. The van der Waals surface area contributed by atoms with Gasteiger partial charge in [-0.2, -0.15) is 0 Å². The molecule has 0 saturated carbocycles. The van der Waals surface area contributed by atoms with Crippen molar-refractivity contribution in [2.75, 3.05) is 13.3 Å². The Bertz CT molecular complexity index is 311. The third kappa shape index (κ3) is 2.92. The molecule has 0 aliphatic rings. The smallest absolute Gasteiger partial charge is 0.0661 e. The molecule has 0 aliphatic heterocycles. The molecule has 0 bridgehead atoms. The molecule has 0 aromatic heterocycles. The molecule has 1 unspecified atom stereocenters. The highest BCUT2D eigenvalue weighted by Gasteiger charge is 2.43. The van der Waals surface area contributed by atoms with E-state index in [2.05, 4.69) is 70.2 Å². The van der Waals surface area contributed by atoms with Crippen molar-refractivity contribution < 1.29 is 0 Å². The number of hydrogen-bond acceptors (Lipinski definition) is 0. The summed E-state index contributed by atoms with van der Waals surface area (Å²) in [5.74, 6) is 0. The van der Waals surface area contributed by atoms with Crippen molar-refractivity contribution in [1.29, 1.82) is 0 Å². The van der Waals surface area contributed by atoms with Crippen LogP contribution in [-0.4, -0.2) is 26.7 Å². The Labute approximate surface area is 96.5 Å². The van der Waals surface area contributed by atoms with Gasteiger partial charge in [-0.25, -0.2) is 0 Å². The molecule has 0 fully saturated rings. The molecule has 1 atom stereocenters. The van der Waals surface area contributed by atoms with E-state index in [-0.39, 0.29) is 0 Å². The molecule has 1 aromatic rings. The molecule has 15 heavy (non-hydrogen) atoms. The van der Waals surface area contributed by atoms with Crippen molar-refractivity contribution in [3.05, 3.63) is 30.3 Å². The minimum Gasteiger partial charge on any atom is -0.0661 e. The lowest BCUT2D eigenvalue weighted by Crippen LogP contribution is -2.40. The second-order valence-corrected chi connectivity index (χ2v) is 16.4. The molecule has 0 spiro atoms. The molecule has 1 rings (SSSR count). The summed E-state index contributed by atoms with van der Waals surface area (Å²) >= 11 is 0. The van der Waals surface area contributed by atoms with Crippen LogP contribution in [0.25, 0.3) is 0 Å². The third-order valence-corrected chi connectivity index (χ3v) is 14.0. The summed E-state index contributed by atoms with van der Waals surface area (Å²) in [5.41, 5.74) is 0. The van der Waals surface area contributed by atoms with Crippen LogP contribution in [0.4, 0.5) is 0 Å². The Morgan fingerprint density at radius 2 is 1.47 bits per heavy atom. The van der Waals surface area contributed by atoms with Crippen LogP contribution in [0.5, 0.6) is 0 Å². The Kier molecular flexibility index (Phi) is 3.79. The standard InChI is InChI=1S/C13H24PSi/c1-12(15(4,5)6)14(2,3)13-10-8-7-9-11-13/h7-12H,1-6H3/q+1. The summed E-state index contributed by atoms with van der Waals surface area (Å²) in [4.78, 5) is 0. The highest BCUT2D eigenvalue weighted by atomic mass is 31.2. The van der Waals surface area contributed by atoms with Crippen molar-refractivity contribution in [2.45, 2.75) is 31.8 Å². The molecule has 0 nitrogen and oxygen atoms in total. The number of hydrogen-bond donors (Lipinski definition) is 0. The van der Waals surface area contributed by atoms with Gasteiger partial charge in [-0.05, 0) is 19.1 Å². The van der Waals surface area contributed by atoms with Crippen LogP contribution in [0.1, 0.15) is 6.92 Å². The van der Waals surface area contributed by atoms with Gasteiger partial charge < -0.3 is 0 Å². The lowest BCUT2D eigenvalue weighted by atomic mass is 10.4. The topological polar surface area (TPSA) is 0 Å². The maximum atomic E-state index is 2.49. The summed E-state index contributed by atoms with van der Waals surface area (Å²) in [7, 11) is -1.98. The van der Waals surface area contributed by atoms with Gasteiger partial charge in [-0.3, -0.25) is 0 Å². The van der Waals surface area contributed by atoms with Gasteiger partial charge in [-0.1, -0.05) is 37.8 Å². The van der Waals surface area contributed by atoms with Gasteiger partial charge in [0.25, 0.3) is 0 Å². The number of rotatable bonds is 3. The van der Waals surface area contributed by atoms with E-state index in [0.29, 0.717) is 0 Å². The van der Waals surface area contributed by atoms with Crippen LogP contribution in [0, 0.1) is 0 Å². The monoisotopic (exact) mass is 239 g/mol. The van der Waals surface area contributed by atoms with Crippen LogP contribution in [0.2, 0.25) is 19.6 Å². The molecule has 0 radical (unpaired) electrons. The Morgan fingerprint density at radius 3 is 1.87 bits per heavy atom. The minimum absolute atomic E-state index is 0.896. The average molecular weight is 239 g/mol. The van der Waals surface area contributed by atoms with Gasteiger partial charge in [-0.15, -0.1) is 0 Å². The fourth-order valence-corrected chi connectivity index (χ4v) is 11.6. The predicted molar refractivity (Wildman–Crippen MR) is 77.7 cm³/mol. The average Bonchev–Trinajstić information content (AvgIpc) is 2.16. The second kappa shape index (κ2) is 4.39. The molecule has 0 saturated heterocycles. The van der Waals surface area contributed by atoms with Gasteiger partial charge in [0.1, 0.15) is 0 Å². The fourth-order valence-electron chi connectivity index (χ4n) is 2.00. The van der Waals surface area contributed by atoms with E-state index < -0.39 is 15.3 Å². The van der Waals surface area contributed by atoms with Crippen molar-refractivity contribution in [3.63, 3.8) is 0 Å². The molecular weight excluding hydrogens is 215 g/mol. The van der Waals surface area contributed by atoms with Crippen molar-refractivity contribution in [2.24, 2.45) is 0 Å². The van der Waals surface area contributed by atoms with E-state index in [9.17, 15) is 0 Å². The number of benzene rings is 1. The highest BCUT2D eigenvalue weighted by molar-refractivity contribution is 7.84. The zero-order valence-corrected chi connectivity index (χ0v) is 12.8. The normalized spacial score (nSPS) is 15.1. The van der Waals surface area contributed by atoms with Crippen molar-refractivity contribution >= 4 is 20.6 Å². The van der Waals surface area contributed by atoms with E-state index in [1.807, 2.05) is 0 Å².